The lowest BCUT2D eigenvalue weighted by Crippen LogP contribution is -2.20. The SMILES string of the molecule is O=C(Nc1ccccc1Cl)Nc1nn(Cc2ccccc2F)cc1Cl. The van der Waals surface area contributed by atoms with Gasteiger partial charge in [-0.25, -0.2) is 9.18 Å². The molecule has 0 bridgehead atoms. The van der Waals surface area contributed by atoms with E-state index in [2.05, 4.69) is 15.7 Å². The van der Waals surface area contributed by atoms with Crippen molar-refractivity contribution < 1.29 is 9.18 Å². The molecule has 0 fully saturated rings. The Morgan fingerprint density at radius 3 is 2.52 bits per heavy atom. The molecule has 0 atom stereocenters. The van der Waals surface area contributed by atoms with Gasteiger partial charge in [0.15, 0.2) is 5.82 Å². The fourth-order valence-corrected chi connectivity index (χ4v) is 2.57. The van der Waals surface area contributed by atoms with Crippen LogP contribution in [0, 0.1) is 5.82 Å². The van der Waals surface area contributed by atoms with Gasteiger partial charge in [0.2, 0.25) is 0 Å². The molecule has 1 aromatic heterocycles. The molecule has 3 aromatic rings. The average molecular weight is 379 g/mol. The summed E-state index contributed by atoms with van der Waals surface area (Å²) in [6.45, 7) is 0.195. The summed E-state index contributed by atoms with van der Waals surface area (Å²) < 4.78 is 15.2. The number of hydrogen-bond donors (Lipinski definition) is 2. The monoisotopic (exact) mass is 378 g/mol. The van der Waals surface area contributed by atoms with Gasteiger partial charge in [-0.05, 0) is 18.2 Å². The van der Waals surface area contributed by atoms with Crippen molar-refractivity contribution in [2.45, 2.75) is 6.54 Å². The minimum atomic E-state index is -0.536. The van der Waals surface area contributed by atoms with Crippen molar-refractivity contribution in [3.05, 3.63) is 76.2 Å². The highest BCUT2D eigenvalue weighted by atomic mass is 35.5. The van der Waals surface area contributed by atoms with Crippen LogP contribution < -0.4 is 10.6 Å². The number of nitrogens with zero attached hydrogens (tertiary/aromatic N) is 2. The fourth-order valence-electron chi connectivity index (χ4n) is 2.19. The maximum Gasteiger partial charge on any atom is 0.324 e. The standard InChI is InChI=1S/C17H13Cl2FN4O/c18-12-6-2-4-8-15(12)21-17(25)22-16-13(19)10-24(23-16)9-11-5-1-3-7-14(11)20/h1-8,10H,9H2,(H2,21,22,23,25). The van der Waals surface area contributed by atoms with E-state index < -0.39 is 6.03 Å². The molecule has 128 valence electrons. The third-order valence-corrected chi connectivity index (χ3v) is 3.97. The Balaban J connectivity index is 1.69. The molecule has 0 aliphatic heterocycles. The highest BCUT2D eigenvalue weighted by Crippen LogP contribution is 2.23. The van der Waals surface area contributed by atoms with Gasteiger partial charge < -0.3 is 5.32 Å². The van der Waals surface area contributed by atoms with E-state index >= 15 is 0 Å². The Labute approximate surface area is 153 Å². The summed E-state index contributed by atoms with van der Waals surface area (Å²) in [5.41, 5.74) is 0.928. The third-order valence-electron chi connectivity index (χ3n) is 3.36. The zero-order chi connectivity index (χ0) is 17.8. The van der Waals surface area contributed by atoms with Crippen LogP contribution in [0.25, 0.3) is 0 Å². The van der Waals surface area contributed by atoms with Crippen molar-refractivity contribution in [2.75, 3.05) is 10.6 Å². The molecule has 0 radical (unpaired) electrons. The van der Waals surface area contributed by atoms with Crippen LogP contribution in [0.4, 0.5) is 20.7 Å². The molecule has 2 N–H and O–H groups in total. The fraction of sp³-hybridized carbons (Fsp3) is 0.0588. The van der Waals surface area contributed by atoms with Gasteiger partial charge in [-0.15, -0.1) is 0 Å². The average Bonchev–Trinajstić information content (AvgIpc) is 2.91. The molecular formula is C17H13Cl2FN4O. The molecular weight excluding hydrogens is 366 g/mol. The first-order valence-electron chi connectivity index (χ1n) is 7.32. The van der Waals surface area contributed by atoms with Crippen LogP contribution in [0.5, 0.6) is 0 Å². The van der Waals surface area contributed by atoms with E-state index in [9.17, 15) is 9.18 Å². The molecule has 0 aliphatic rings. The number of benzene rings is 2. The predicted molar refractivity (Wildman–Crippen MR) is 96.8 cm³/mol. The van der Waals surface area contributed by atoms with Crippen molar-refractivity contribution >= 4 is 40.7 Å². The summed E-state index contributed by atoms with van der Waals surface area (Å²) in [7, 11) is 0. The van der Waals surface area contributed by atoms with Crippen LogP contribution >= 0.6 is 23.2 Å². The number of rotatable bonds is 4. The molecule has 0 unspecified atom stereocenters. The van der Waals surface area contributed by atoms with Gasteiger partial charge in [0.05, 0.1) is 17.3 Å². The smallest absolute Gasteiger partial charge is 0.306 e. The number of carbonyl (C=O) groups excluding carboxylic acids is 1. The van der Waals surface area contributed by atoms with E-state index in [4.69, 9.17) is 23.2 Å². The summed E-state index contributed by atoms with van der Waals surface area (Å²) in [5, 5.41) is 9.96. The second-order valence-corrected chi connectivity index (χ2v) is 5.99. The number of amides is 2. The largest absolute Gasteiger partial charge is 0.324 e. The van der Waals surface area contributed by atoms with Gasteiger partial charge >= 0.3 is 6.03 Å². The molecule has 0 aliphatic carbocycles. The summed E-state index contributed by atoms with van der Waals surface area (Å²) in [4.78, 5) is 12.1. The summed E-state index contributed by atoms with van der Waals surface area (Å²) in [6.07, 6.45) is 1.51. The molecule has 1 heterocycles. The Kier molecular flexibility index (Phi) is 5.21. The van der Waals surface area contributed by atoms with Crippen LogP contribution in [0.3, 0.4) is 0 Å². The Morgan fingerprint density at radius 2 is 1.76 bits per heavy atom. The molecule has 0 saturated carbocycles. The van der Waals surface area contributed by atoms with Gasteiger partial charge in [-0.3, -0.25) is 10.00 Å². The van der Waals surface area contributed by atoms with Crippen molar-refractivity contribution in [3.8, 4) is 0 Å². The normalized spacial score (nSPS) is 10.5. The van der Waals surface area contributed by atoms with Crippen LogP contribution in [0.2, 0.25) is 10.0 Å². The number of para-hydroxylation sites is 1. The molecule has 8 heteroatoms. The third kappa shape index (κ3) is 4.29. The zero-order valence-corrected chi connectivity index (χ0v) is 14.4. The maximum atomic E-state index is 13.7. The lowest BCUT2D eigenvalue weighted by molar-refractivity contribution is 0.262. The van der Waals surface area contributed by atoms with Crippen molar-refractivity contribution in [1.29, 1.82) is 0 Å². The quantitative estimate of drug-likeness (QED) is 0.669. The maximum absolute atomic E-state index is 13.7. The molecule has 0 spiro atoms. The Morgan fingerprint density at radius 1 is 1.04 bits per heavy atom. The number of hydrogen-bond acceptors (Lipinski definition) is 2. The first-order chi connectivity index (χ1) is 12.0. The number of halogens is 3. The second kappa shape index (κ2) is 7.55. The van der Waals surface area contributed by atoms with Crippen molar-refractivity contribution in [2.24, 2.45) is 0 Å². The summed E-state index contributed by atoms with van der Waals surface area (Å²) in [6, 6.07) is 12.7. The first-order valence-corrected chi connectivity index (χ1v) is 8.07. The minimum Gasteiger partial charge on any atom is -0.306 e. The van der Waals surface area contributed by atoms with E-state index in [-0.39, 0.29) is 23.2 Å². The Bertz CT molecular complexity index is 913. The first kappa shape index (κ1) is 17.3. The van der Waals surface area contributed by atoms with Crippen molar-refractivity contribution in [1.82, 2.24) is 9.78 Å². The summed E-state index contributed by atoms with van der Waals surface area (Å²) >= 11 is 12.1. The minimum absolute atomic E-state index is 0.169. The Hall–Kier alpha value is -2.57. The van der Waals surface area contributed by atoms with Crippen LogP contribution in [0.15, 0.2) is 54.7 Å². The van der Waals surface area contributed by atoms with Gasteiger partial charge in [0.25, 0.3) is 0 Å². The highest BCUT2D eigenvalue weighted by Gasteiger charge is 2.12. The van der Waals surface area contributed by atoms with Crippen LogP contribution in [0.1, 0.15) is 5.56 Å². The topological polar surface area (TPSA) is 59.0 Å². The van der Waals surface area contributed by atoms with Gasteiger partial charge in [-0.1, -0.05) is 53.5 Å². The molecule has 25 heavy (non-hydrogen) atoms. The van der Waals surface area contributed by atoms with E-state index in [0.29, 0.717) is 16.3 Å². The zero-order valence-electron chi connectivity index (χ0n) is 12.8. The number of carbonyl (C=O) groups is 1. The highest BCUT2D eigenvalue weighted by molar-refractivity contribution is 6.34. The van der Waals surface area contributed by atoms with E-state index in [1.165, 1.54) is 16.9 Å². The molecule has 5 nitrogen and oxygen atoms in total. The van der Waals surface area contributed by atoms with E-state index in [0.717, 1.165) is 0 Å². The lowest BCUT2D eigenvalue weighted by atomic mass is 10.2. The molecule has 2 amide bonds. The second-order valence-electron chi connectivity index (χ2n) is 5.17. The number of anilines is 2. The predicted octanol–water partition coefficient (Wildman–Crippen LogP) is 5.02. The van der Waals surface area contributed by atoms with Crippen LogP contribution in [-0.2, 0) is 6.54 Å². The lowest BCUT2D eigenvalue weighted by Gasteiger charge is -2.07. The molecule has 2 aromatic carbocycles. The van der Waals surface area contributed by atoms with Crippen LogP contribution in [-0.4, -0.2) is 15.8 Å². The van der Waals surface area contributed by atoms with Crippen molar-refractivity contribution in [3.63, 3.8) is 0 Å². The summed E-state index contributed by atoms with van der Waals surface area (Å²) in [5.74, 6) is -0.164. The van der Waals surface area contributed by atoms with E-state index in [1.807, 2.05) is 0 Å². The van der Waals surface area contributed by atoms with E-state index in [1.54, 1.807) is 42.5 Å². The van der Waals surface area contributed by atoms with Gasteiger partial charge in [0, 0.05) is 11.8 Å². The molecule has 0 saturated heterocycles. The number of aromatic nitrogens is 2. The van der Waals surface area contributed by atoms with Gasteiger partial charge in [-0.2, -0.15) is 5.10 Å². The number of urea groups is 1. The number of nitrogens with one attached hydrogen (secondary N) is 2. The molecule has 3 rings (SSSR count). The van der Waals surface area contributed by atoms with Gasteiger partial charge in [0.1, 0.15) is 10.8 Å².